The molecule has 136 valence electrons. The van der Waals surface area contributed by atoms with Crippen molar-refractivity contribution in [3.05, 3.63) is 90.8 Å². The summed E-state index contributed by atoms with van der Waals surface area (Å²) in [4.78, 5) is 8.13. The minimum absolute atomic E-state index is 0.365. The first-order valence-corrected chi connectivity index (χ1v) is 8.97. The number of hydrogen-bond acceptors (Lipinski definition) is 4. The Morgan fingerprint density at radius 3 is 2.71 bits per heavy atom. The van der Waals surface area contributed by atoms with Crippen LogP contribution in [0.3, 0.4) is 0 Å². The molecule has 5 aromatic rings. The Bertz CT molecular complexity index is 1260. The summed E-state index contributed by atoms with van der Waals surface area (Å²) in [5.74, 6) is 0.417. The van der Waals surface area contributed by atoms with E-state index in [0.717, 1.165) is 38.6 Å². The fourth-order valence-electron chi connectivity index (χ4n) is 3.35. The highest BCUT2D eigenvalue weighted by molar-refractivity contribution is 5.97. The Labute approximate surface area is 160 Å². The van der Waals surface area contributed by atoms with Crippen LogP contribution in [0.1, 0.15) is 5.56 Å². The number of pyridine rings is 2. The summed E-state index contributed by atoms with van der Waals surface area (Å²) >= 11 is 0. The summed E-state index contributed by atoms with van der Waals surface area (Å²) in [5.41, 5.74) is 3.25. The minimum Gasteiger partial charge on any atom is -0.456 e. The van der Waals surface area contributed by atoms with E-state index in [0.29, 0.717) is 12.2 Å². The second-order valence-electron chi connectivity index (χ2n) is 6.60. The number of nitrogens with one attached hydrogen (secondary N) is 1. The monoisotopic (exact) mass is 369 g/mol. The molecule has 5 rings (SSSR count). The Balaban J connectivity index is 1.53. The molecule has 0 atom stereocenters. The summed E-state index contributed by atoms with van der Waals surface area (Å²) in [6.45, 7) is 0.499. The van der Waals surface area contributed by atoms with Gasteiger partial charge in [0.25, 0.3) is 0 Å². The Morgan fingerprint density at radius 1 is 0.893 bits per heavy atom. The van der Waals surface area contributed by atoms with Gasteiger partial charge in [0.2, 0.25) is 0 Å². The number of anilines is 1. The predicted octanol–water partition coefficient (Wildman–Crippen LogP) is 5.79. The molecule has 0 aliphatic rings. The van der Waals surface area contributed by atoms with Crippen molar-refractivity contribution in [2.75, 3.05) is 5.32 Å². The van der Waals surface area contributed by atoms with E-state index < -0.39 is 0 Å². The van der Waals surface area contributed by atoms with E-state index in [1.54, 1.807) is 12.3 Å². The average Bonchev–Trinajstić information content (AvgIpc) is 3.16. The molecule has 2 aromatic carbocycles. The third kappa shape index (κ3) is 2.97. The van der Waals surface area contributed by atoms with Crippen LogP contribution in [0.2, 0.25) is 0 Å². The van der Waals surface area contributed by atoms with Gasteiger partial charge in [0.15, 0.2) is 5.82 Å². The zero-order valence-electron chi connectivity index (χ0n) is 14.9. The highest BCUT2D eigenvalue weighted by atomic mass is 19.1. The molecule has 0 saturated carbocycles. The number of aromatic nitrogens is 2. The number of hydrogen-bond donors (Lipinski definition) is 1. The minimum atomic E-state index is -0.365. The smallest absolute Gasteiger partial charge is 0.164 e. The lowest BCUT2D eigenvalue weighted by Crippen LogP contribution is -2.01. The largest absolute Gasteiger partial charge is 0.456 e. The van der Waals surface area contributed by atoms with Gasteiger partial charge in [-0.05, 0) is 35.2 Å². The van der Waals surface area contributed by atoms with Crippen LogP contribution in [0.5, 0.6) is 0 Å². The molecule has 4 nitrogen and oxygen atoms in total. The van der Waals surface area contributed by atoms with E-state index >= 15 is 0 Å². The lowest BCUT2D eigenvalue weighted by atomic mass is 10.0. The number of halogens is 1. The first-order chi connectivity index (χ1) is 13.8. The highest BCUT2D eigenvalue weighted by Crippen LogP contribution is 2.32. The lowest BCUT2D eigenvalue weighted by Gasteiger charge is -2.09. The molecule has 0 aliphatic heterocycles. The maximum atomic E-state index is 13.8. The first-order valence-electron chi connectivity index (χ1n) is 8.97. The molecular formula is C23H16FN3O. The summed E-state index contributed by atoms with van der Waals surface area (Å²) < 4.78 is 19.8. The summed E-state index contributed by atoms with van der Waals surface area (Å²) in [6.07, 6.45) is 6.42. The van der Waals surface area contributed by atoms with Crippen LogP contribution in [-0.2, 0) is 6.54 Å². The fraction of sp³-hybridized carbons (Fsp3) is 0.0435. The Hall–Kier alpha value is -3.73. The maximum Gasteiger partial charge on any atom is 0.164 e. The molecular weight excluding hydrogens is 353 g/mol. The summed E-state index contributed by atoms with van der Waals surface area (Å²) in [6, 6.07) is 17.7. The lowest BCUT2D eigenvalue weighted by molar-refractivity contribution is 0.624. The maximum absolute atomic E-state index is 13.8. The van der Waals surface area contributed by atoms with Crippen LogP contribution in [0, 0.1) is 5.82 Å². The number of benzene rings is 2. The van der Waals surface area contributed by atoms with E-state index in [1.807, 2.05) is 54.9 Å². The molecule has 0 spiro atoms. The van der Waals surface area contributed by atoms with Crippen molar-refractivity contribution in [3.8, 4) is 11.3 Å². The van der Waals surface area contributed by atoms with Gasteiger partial charge in [0.1, 0.15) is 11.3 Å². The van der Waals surface area contributed by atoms with Crippen molar-refractivity contribution < 1.29 is 8.81 Å². The Morgan fingerprint density at radius 2 is 1.82 bits per heavy atom. The molecule has 0 unspecified atom stereocenters. The molecule has 0 fully saturated rings. The second-order valence-corrected chi connectivity index (χ2v) is 6.60. The number of para-hydroxylation sites is 1. The standard InChI is InChI=1S/C23H16FN3O/c24-20-14-25-8-7-21(20)27-11-15-5-6-17-12-26-13-19(18(17)9-15)23-10-16-3-1-2-4-22(16)28-23/h1-10,12-14H,11H2,(H,25,27). The third-order valence-electron chi connectivity index (χ3n) is 4.77. The van der Waals surface area contributed by atoms with Crippen LogP contribution >= 0.6 is 0 Å². The van der Waals surface area contributed by atoms with E-state index in [4.69, 9.17) is 4.42 Å². The molecule has 0 saturated heterocycles. The second kappa shape index (κ2) is 6.78. The first kappa shape index (κ1) is 16.4. The quantitative estimate of drug-likeness (QED) is 0.435. The number of nitrogens with zero attached hydrogens (tertiary/aromatic N) is 2. The van der Waals surface area contributed by atoms with Crippen molar-refractivity contribution in [1.29, 1.82) is 0 Å². The van der Waals surface area contributed by atoms with E-state index in [2.05, 4.69) is 21.4 Å². The zero-order valence-corrected chi connectivity index (χ0v) is 14.9. The predicted molar refractivity (Wildman–Crippen MR) is 108 cm³/mol. The van der Waals surface area contributed by atoms with Crippen molar-refractivity contribution in [3.63, 3.8) is 0 Å². The van der Waals surface area contributed by atoms with E-state index in [-0.39, 0.29) is 5.82 Å². The van der Waals surface area contributed by atoms with E-state index in [1.165, 1.54) is 6.20 Å². The molecule has 0 aliphatic carbocycles. The number of fused-ring (bicyclic) bond motifs is 2. The normalized spacial score (nSPS) is 11.2. The summed E-state index contributed by atoms with van der Waals surface area (Å²) in [5, 5.41) is 6.25. The molecule has 0 amide bonds. The number of furan rings is 1. The zero-order chi connectivity index (χ0) is 18.9. The van der Waals surface area contributed by atoms with Crippen LogP contribution in [0.15, 0.2) is 83.8 Å². The van der Waals surface area contributed by atoms with Gasteiger partial charge in [-0.3, -0.25) is 9.97 Å². The molecule has 3 aromatic heterocycles. The fourth-order valence-corrected chi connectivity index (χ4v) is 3.35. The van der Waals surface area contributed by atoms with Crippen LogP contribution in [0.4, 0.5) is 10.1 Å². The number of rotatable bonds is 4. The van der Waals surface area contributed by atoms with Crippen molar-refractivity contribution >= 4 is 27.4 Å². The van der Waals surface area contributed by atoms with Crippen molar-refractivity contribution in [2.45, 2.75) is 6.54 Å². The Kier molecular flexibility index (Phi) is 3.98. The molecule has 0 bridgehead atoms. The molecule has 1 N–H and O–H groups in total. The highest BCUT2D eigenvalue weighted by Gasteiger charge is 2.11. The van der Waals surface area contributed by atoms with Gasteiger partial charge < -0.3 is 9.73 Å². The van der Waals surface area contributed by atoms with E-state index in [9.17, 15) is 4.39 Å². The average molecular weight is 369 g/mol. The molecule has 5 heteroatoms. The van der Waals surface area contributed by atoms with Gasteiger partial charge in [-0.25, -0.2) is 4.39 Å². The van der Waals surface area contributed by atoms with Gasteiger partial charge in [-0.2, -0.15) is 0 Å². The van der Waals surface area contributed by atoms with Gasteiger partial charge in [0.05, 0.1) is 11.9 Å². The van der Waals surface area contributed by atoms with Crippen LogP contribution < -0.4 is 5.32 Å². The molecule has 0 radical (unpaired) electrons. The van der Waals surface area contributed by atoms with Gasteiger partial charge in [0, 0.05) is 41.5 Å². The summed E-state index contributed by atoms with van der Waals surface area (Å²) in [7, 11) is 0. The topological polar surface area (TPSA) is 51.0 Å². The molecule has 3 heterocycles. The van der Waals surface area contributed by atoms with Crippen molar-refractivity contribution in [1.82, 2.24) is 9.97 Å². The SMILES string of the molecule is Fc1cnccc1NCc1ccc2cncc(-c3cc4ccccc4o3)c2c1. The van der Waals surface area contributed by atoms with Gasteiger partial charge in [-0.1, -0.05) is 30.3 Å². The van der Waals surface area contributed by atoms with Crippen molar-refractivity contribution in [2.24, 2.45) is 0 Å². The third-order valence-corrected chi connectivity index (χ3v) is 4.77. The van der Waals surface area contributed by atoms with Crippen LogP contribution in [0.25, 0.3) is 33.1 Å². The van der Waals surface area contributed by atoms with Crippen LogP contribution in [-0.4, -0.2) is 9.97 Å². The van der Waals surface area contributed by atoms with Gasteiger partial charge >= 0.3 is 0 Å². The van der Waals surface area contributed by atoms with Gasteiger partial charge in [-0.15, -0.1) is 0 Å². The molecule has 28 heavy (non-hydrogen) atoms.